The summed E-state index contributed by atoms with van der Waals surface area (Å²) in [4.78, 5) is 4.55. The highest BCUT2D eigenvalue weighted by atomic mass is 16.5. The summed E-state index contributed by atoms with van der Waals surface area (Å²) in [7, 11) is 0. The van der Waals surface area contributed by atoms with Crippen LogP contribution in [0.5, 0.6) is 5.75 Å². The van der Waals surface area contributed by atoms with Gasteiger partial charge in [-0.15, -0.1) is 0 Å². The van der Waals surface area contributed by atoms with Crippen LogP contribution in [0.2, 0.25) is 0 Å². The molecule has 17 heavy (non-hydrogen) atoms. The highest BCUT2D eigenvalue weighted by Crippen LogP contribution is 2.20. The van der Waals surface area contributed by atoms with Crippen molar-refractivity contribution in [3.63, 3.8) is 0 Å². The van der Waals surface area contributed by atoms with Gasteiger partial charge in [0.05, 0.1) is 11.6 Å². The van der Waals surface area contributed by atoms with E-state index in [1.165, 1.54) is 0 Å². The summed E-state index contributed by atoms with van der Waals surface area (Å²) < 4.78 is 5.65. The summed E-state index contributed by atoms with van der Waals surface area (Å²) in [6.45, 7) is 4.67. The molecule has 2 aromatic rings. The summed E-state index contributed by atoms with van der Waals surface area (Å²) in [5, 5.41) is 1.10. The molecule has 2 N–H and O–H groups in total. The summed E-state index contributed by atoms with van der Waals surface area (Å²) in [6, 6.07) is 10.1. The van der Waals surface area contributed by atoms with E-state index in [0.717, 1.165) is 28.8 Å². The number of ether oxygens (including phenoxy) is 1. The van der Waals surface area contributed by atoms with Crippen molar-refractivity contribution in [1.29, 1.82) is 0 Å². The first kappa shape index (κ1) is 11.9. The second-order valence-corrected chi connectivity index (χ2v) is 4.36. The SMILES string of the molecule is CC(C)Oc1ccc2nc(CCN)ccc2c1. The molecule has 90 valence electrons. The minimum Gasteiger partial charge on any atom is -0.491 e. The maximum Gasteiger partial charge on any atom is 0.120 e. The Morgan fingerprint density at radius 2 is 2.06 bits per heavy atom. The fourth-order valence-corrected chi connectivity index (χ4v) is 1.78. The lowest BCUT2D eigenvalue weighted by Gasteiger charge is -2.10. The van der Waals surface area contributed by atoms with Crippen LogP contribution in [-0.2, 0) is 6.42 Å². The van der Waals surface area contributed by atoms with Crippen molar-refractivity contribution < 1.29 is 4.74 Å². The zero-order chi connectivity index (χ0) is 12.3. The first-order valence-corrected chi connectivity index (χ1v) is 5.95. The number of rotatable bonds is 4. The van der Waals surface area contributed by atoms with Crippen molar-refractivity contribution in [1.82, 2.24) is 4.98 Å². The van der Waals surface area contributed by atoms with Crippen LogP contribution in [0.25, 0.3) is 10.9 Å². The van der Waals surface area contributed by atoms with E-state index in [1.54, 1.807) is 0 Å². The normalized spacial score (nSPS) is 11.1. The molecule has 1 heterocycles. The van der Waals surface area contributed by atoms with Crippen molar-refractivity contribution in [3.8, 4) is 5.75 Å². The molecule has 1 aromatic carbocycles. The molecular weight excluding hydrogens is 212 g/mol. The molecular formula is C14H18N2O. The third kappa shape index (κ3) is 2.94. The maximum atomic E-state index is 5.65. The first-order chi connectivity index (χ1) is 8.19. The zero-order valence-electron chi connectivity index (χ0n) is 10.3. The molecule has 0 spiro atoms. The molecule has 3 heteroatoms. The van der Waals surface area contributed by atoms with E-state index >= 15 is 0 Å². The van der Waals surface area contributed by atoms with Crippen LogP contribution in [0.15, 0.2) is 30.3 Å². The van der Waals surface area contributed by atoms with Crippen LogP contribution >= 0.6 is 0 Å². The van der Waals surface area contributed by atoms with E-state index in [9.17, 15) is 0 Å². The third-order valence-corrected chi connectivity index (χ3v) is 2.49. The van der Waals surface area contributed by atoms with Gasteiger partial charge in [0.25, 0.3) is 0 Å². The van der Waals surface area contributed by atoms with Crippen molar-refractivity contribution in [2.75, 3.05) is 6.54 Å². The van der Waals surface area contributed by atoms with Crippen LogP contribution < -0.4 is 10.5 Å². The van der Waals surface area contributed by atoms with Crippen LogP contribution in [-0.4, -0.2) is 17.6 Å². The molecule has 1 aromatic heterocycles. The molecule has 0 fully saturated rings. The monoisotopic (exact) mass is 230 g/mol. The fourth-order valence-electron chi connectivity index (χ4n) is 1.78. The maximum absolute atomic E-state index is 5.65. The Balaban J connectivity index is 2.33. The molecule has 0 aliphatic carbocycles. The van der Waals surface area contributed by atoms with Crippen LogP contribution in [0.1, 0.15) is 19.5 Å². The lowest BCUT2D eigenvalue weighted by atomic mass is 10.1. The Morgan fingerprint density at radius 1 is 1.24 bits per heavy atom. The van der Waals surface area contributed by atoms with E-state index in [1.807, 2.05) is 38.1 Å². The molecule has 3 nitrogen and oxygen atoms in total. The van der Waals surface area contributed by atoms with Gasteiger partial charge in [0, 0.05) is 17.5 Å². The van der Waals surface area contributed by atoms with Gasteiger partial charge in [-0.2, -0.15) is 0 Å². The molecule has 0 atom stereocenters. The van der Waals surface area contributed by atoms with Gasteiger partial charge < -0.3 is 10.5 Å². The number of pyridine rings is 1. The fraction of sp³-hybridized carbons (Fsp3) is 0.357. The van der Waals surface area contributed by atoms with E-state index in [2.05, 4.69) is 11.1 Å². The predicted octanol–water partition coefficient (Wildman–Crippen LogP) is 2.52. The lowest BCUT2D eigenvalue weighted by molar-refractivity contribution is 0.243. The average molecular weight is 230 g/mol. The van der Waals surface area contributed by atoms with Crippen LogP contribution in [0, 0.1) is 0 Å². The van der Waals surface area contributed by atoms with Crippen molar-refractivity contribution in [2.45, 2.75) is 26.4 Å². The molecule has 0 saturated carbocycles. The summed E-state index contributed by atoms with van der Waals surface area (Å²) in [6.07, 6.45) is 1.01. The summed E-state index contributed by atoms with van der Waals surface area (Å²) in [5.41, 5.74) is 7.56. The van der Waals surface area contributed by atoms with Crippen molar-refractivity contribution in [2.24, 2.45) is 5.73 Å². The van der Waals surface area contributed by atoms with Gasteiger partial charge in [0.15, 0.2) is 0 Å². The second kappa shape index (κ2) is 5.15. The smallest absolute Gasteiger partial charge is 0.120 e. The van der Waals surface area contributed by atoms with Gasteiger partial charge in [0.1, 0.15) is 5.75 Å². The largest absolute Gasteiger partial charge is 0.491 e. The number of fused-ring (bicyclic) bond motifs is 1. The number of nitrogens with zero attached hydrogens (tertiary/aromatic N) is 1. The van der Waals surface area contributed by atoms with E-state index in [-0.39, 0.29) is 6.10 Å². The summed E-state index contributed by atoms with van der Waals surface area (Å²) >= 11 is 0. The van der Waals surface area contributed by atoms with Gasteiger partial charge in [-0.25, -0.2) is 0 Å². The Kier molecular flexibility index (Phi) is 3.59. The van der Waals surface area contributed by atoms with Gasteiger partial charge in [-0.1, -0.05) is 6.07 Å². The lowest BCUT2D eigenvalue weighted by Crippen LogP contribution is -2.06. The topological polar surface area (TPSA) is 48.1 Å². The minimum absolute atomic E-state index is 0.192. The molecule has 0 aliphatic heterocycles. The Morgan fingerprint density at radius 3 is 2.76 bits per heavy atom. The van der Waals surface area contributed by atoms with Crippen molar-refractivity contribution in [3.05, 3.63) is 36.0 Å². The van der Waals surface area contributed by atoms with Gasteiger partial charge >= 0.3 is 0 Å². The molecule has 0 amide bonds. The predicted molar refractivity (Wildman–Crippen MR) is 70.3 cm³/mol. The highest BCUT2D eigenvalue weighted by Gasteiger charge is 2.02. The molecule has 0 aliphatic rings. The highest BCUT2D eigenvalue weighted by molar-refractivity contribution is 5.80. The number of benzene rings is 1. The van der Waals surface area contributed by atoms with E-state index < -0.39 is 0 Å². The van der Waals surface area contributed by atoms with Gasteiger partial charge in [-0.3, -0.25) is 4.98 Å². The molecule has 0 unspecified atom stereocenters. The number of hydrogen-bond donors (Lipinski definition) is 1. The third-order valence-electron chi connectivity index (χ3n) is 2.49. The zero-order valence-corrected chi connectivity index (χ0v) is 10.3. The van der Waals surface area contributed by atoms with E-state index in [4.69, 9.17) is 10.5 Å². The Labute approximate surface area is 102 Å². The van der Waals surface area contributed by atoms with Gasteiger partial charge in [-0.05, 0) is 44.7 Å². The molecule has 2 rings (SSSR count). The second-order valence-electron chi connectivity index (χ2n) is 4.36. The van der Waals surface area contributed by atoms with Crippen molar-refractivity contribution >= 4 is 10.9 Å². The van der Waals surface area contributed by atoms with E-state index in [0.29, 0.717) is 6.54 Å². The van der Waals surface area contributed by atoms with Gasteiger partial charge in [0.2, 0.25) is 0 Å². The molecule has 0 radical (unpaired) electrons. The molecule has 0 bridgehead atoms. The molecule has 0 saturated heterocycles. The quantitative estimate of drug-likeness (QED) is 0.878. The average Bonchev–Trinajstić information content (AvgIpc) is 2.29. The number of nitrogens with two attached hydrogens (primary N) is 1. The Bertz CT molecular complexity index is 509. The van der Waals surface area contributed by atoms with Crippen LogP contribution in [0.4, 0.5) is 0 Å². The Hall–Kier alpha value is -1.61. The standard InChI is InChI=1S/C14H18N2O/c1-10(2)17-13-5-6-14-11(9-13)3-4-12(16-14)7-8-15/h3-6,9-10H,7-8,15H2,1-2H3. The number of hydrogen-bond acceptors (Lipinski definition) is 3. The first-order valence-electron chi connectivity index (χ1n) is 5.95. The number of aromatic nitrogens is 1. The summed E-state index contributed by atoms with van der Waals surface area (Å²) in [5.74, 6) is 0.890. The van der Waals surface area contributed by atoms with Crippen LogP contribution in [0.3, 0.4) is 0 Å². The minimum atomic E-state index is 0.192.